The molecule has 2 heterocycles. The molecule has 2 aromatic carbocycles. The van der Waals surface area contributed by atoms with Crippen LogP contribution in [-0.2, 0) is 10.0 Å². The van der Waals surface area contributed by atoms with E-state index in [0.29, 0.717) is 30.0 Å². The molecule has 0 spiro atoms. The molecule has 7 aliphatic rings. The van der Waals surface area contributed by atoms with E-state index >= 15 is 0 Å². The van der Waals surface area contributed by atoms with Crippen molar-refractivity contribution in [1.82, 2.24) is 14.9 Å². The standard InChI is InChI=1S/C36H47N5O5S/c42-35(39-47(45,46)30-10-11-31(33(16-30)41(43)44)37-20-23-4-2-1-3-5-23)28-8-6-27(7-9-28)34-32-15-29(21-38-32)40(34)22-36-17-24-12-25(18-36)14-26(13-24)19-36/h6-11,16,23-26,29,32,34,37-38H,1-5,12-15,17-22H2,(H,39,42)/t24?,25?,26?,29-,32-,34?,36?/m0/s1. The van der Waals surface area contributed by atoms with E-state index in [1.54, 1.807) is 12.1 Å². The van der Waals surface area contributed by atoms with Gasteiger partial charge in [-0.2, -0.15) is 0 Å². The van der Waals surface area contributed by atoms with Crippen molar-refractivity contribution in [2.75, 3.05) is 25.0 Å². The molecule has 7 fully saturated rings. The largest absolute Gasteiger partial charge is 0.379 e. The molecule has 1 amide bonds. The summed E-state index contributed by atoms with van der Waals surface area (Å²) in [5.74, 6) is 2.44. The lowest BCUT2D eigenvalue weighted by atomic mass is 9.49. The molecule has 47 heavy (non-hydrogen) atoms. The Morgan fingerprint density at radius 3 is 2.30 bits per heavy atom. The minimum atomic E-state index is -4.33. The number of hydrogen-bond donors (Lipinski definition) is 3. The summed E-state index contributed by atoms with van der Waals surface area (Å²) in [5, 5.41) is 18.7. The van der Waals surface area contributed by atoms with E-state index in [-0.39, 0.29) is 27.9 Å². The van der Waals surface area contributed by atoms with Gasteiger partial charge in [0.25, 0.3) is 21.6 Å². The zero-order valence-corrected chi connectivity index (χ0v) is 27.8. The summed E-state index contributed by atoms with van der Waals surface area (Å²) in [4.78, 5) is 26.9. The summed E-state index contributed by atoms with van der Waals surface area (Å²) in [5.41, 5.74) is 1.80. The summed E-state index contributed by atoms with van der Waals surface area (Å²) >= 11 is 0. The highest BCUT2D eigenvalue weighted by Crippen LogP contribution is 2.61. The van der Waals surface area contributed by atoms with Crippen LogP contribution in [0.3, 0.4) is 0 Å². The zero-order chi connectivity index (χ0) is 32.3. The topological polar surface area (TPSA) is 134 Å². The molecule has 1 unspecified atom stereocenters. The van der Waals surface area contributed by atoms with Gasteiger partial charge in [-0.05, 0) is 117 Å². The highest BCUT2D eigenvalue weighted by molar-refractivity contribution is 7.90. The van der Waals surface area contributed by atoms with Crippen LogP contribution in [0.15, 0.2) is 47.4 Å². The Morgan fingerprint density at radius 2 is 1.64 bits per heavy atom. The van der Waals surface area contributed by atoms with Crippen LogP contribution in [0.2, 0.25) is 0 Å². The molecular formula is C36H47N5O5S. The second-order valence-electron chi connectivity index (χ2n) is 15.8. The molecule has 2 saturated heterocycles. The van der Waals surface area contributed by atoms with Crippen LogP contribution >= 0.6 is 0 Å². The highest BCUT2D eigenvalue weighted by Gasteiger charge is 2.55. The number of nitrogens with one attached hydrogen (secondary N) is 3. The summed E-state index contributed by atoms with van der Waals surface area (Å²) in [6.07, 6.45) is 15.3. The Balaban J connectivity index is 0.947. The molecule has 0 aromatic heterocycles. The van der Waals surface area contributed by atoms with Crippen molar-refractivity contribution in [2.45, 2.75) is 100 Å². The monoisotopic (exact) mass is 661 g/mol. The van der Waals surface area contributed by atoms with Crippen LogP contribution in [0.25, 0.3) is 0 Å². The number of carbonyl (C=O) groups excluding carboxylic acids is 1. The molecule has 2 aromatic rings. The van der Waals surface area contributed by atoms with Gasteiger partial charge in [0.2, 0.25) is 0 Å². The maximum Gasteiger partial charge on any atom is 0.293 e. The van der Waals surface area contributed by atoms with E-state index in [0.717, 1.165) is 74.6 Å². The number of rotatable bonds is 10. The molecule has 3 atom stereocenters. The molecule has 2 aliphatic heterocycles. The fourth-order valence-electron chi connectivity index (χ4n) is 10.9. The number of benzene rings is 2. The number of carbonyl (C=O) groups is 1. The maximum atomic E-state index is 13.2. The number of hydrogen-bond acceptors (Lipinski definition) is 8. The van der Waals surface area contributed by atoms with Gasteiger partial charge in [-0.3, -0.25) is 19.8 Å². The van der Waals surface area contributed by atoms with Gasteiger partial charge in [0.1, 0.15) is 5.69 Å². The molecular weight excluding hydrogens is 614 g/mol. The van der Waals surface area contributed by atoms with Gasteiger partial charge in [0.15, 0.2) is 0 Å². The lowest BCUT2D eigenvalue weighted by Crippen LogP contribution is -2.55. The first kappa shape index (κ1) is 31.3. The van der Waals surface area contributed by atoms with Crippen LogP contribution in [0.4, 0.5) is 11.4 Å². The van der Waals surface area contributed by atoms with E-state index in [4.69, 9.17) is 0 Å². The van der Waals surface area contributed by atoms with E-state index in [1.807, 2.05) is 12.1 Å². The number of nitro benzene ring substituents is 1. The molecule has 5 saturated carbocycles. The number of fused-ring (bicyclic) bond motifs is 2. The van der Waals surface area contributed by atoms with Crippen molar-refractivity contribution in [2.24, 2.45) is 29.1 Å². The predicted octanol–water partition coefficient (Wildman–Crippen LogP) is 6.01. The van der Waals surface area contributed by atoms with Gasteiger partial charge < -0.3 is 10.6 Å². The predicted molar refractivity (Wildman–Crippen MR) is 180 cm³/mol. The molecule has 252 valence electrons. The normalized spacial score (nSPS) is 33.3. The van der Waals surface area contributed by atoms with Crippen molar-refractivity contribution in [3.05, 3.63) is 63.7 Å². The Morgan fingerprint density at radius 1 is 0.957 bits per heavy atom. The molecule has 11 heteroatoms. The Labute approximate surface area is 277 Å². The molecule has 6 bridgehead atoms. The SMILES string of the molecule is O=C(NS(=O)(=O)c1ccc(NCC2CCCCC2)c([N+](=O)[O-])c1)c1ccc(C2[C@@H]3C[C@@H](CN3)N2CC23CC4CC(CC(C4)C2)C3)cc1. The minimum Gasteiger partial charge on any atom is -0.379 e. The average Bonchev–Trinajstić information content (AvgIpc) is 3.65. The number of piperazine rings is 1. The Kier molecular flexibility index (Phi) is 8.08. The first-order chi connectivity index (χ1) is 22.6. The Hall–Kier alpha value is -3.02. The van der Waals surface area contributed by atoms with Gasteiger partial charge >= 0.3 is 0 Å². The van der Waals surface area contributed by atoms with Crippen LogP contribution < -0.4 is 15.4 Å². The second-order valence-corrected chi connectivity index (χ2v) is 17.5. The quantitative estimate of drug-likeness (QED) is 0.208. The summed E-state index contributed by atoms with van der Waals surface area (Å²) in [7, 11) is -4.33. The van der Waals surface area contributed by atoms with Crippen LogP contribution in [0.1, 0.15) is 99.0 Å². The van der Waals surface area contributed by atoms with Crippen molar-refractivity contribution in [3.8, 4) is 0 Å². The van der Waals surface area contributed by atoms with E-state index in [1.165, 1.54) is 57.1 Å². The fraction of sp³-hybridized carbons (Fsp3) is 0.639. The summed E-state index contributed by atoms with van der Waals surface area (Å²) < 4.78 is 28.6. The Bertz CT molecular complexity index is 1600. The van der Waals surface area contributed by atoms with Crippen LogP contribution in [0.5, 0.6) is 0 Å². The van der Waals surface area contributed by atoms with Crippen molar-refractivity contribution in [1.29, 1.82) is 0 Å². The molecule has 10 nitrogen and oxygen atoms in total. The molecule has 5 aliphatic carbocycles. The van der Waals surface area contributed by atoms with Crippen LogP contribution in [-0.4, -0.2) is 55.9 Å². The van der Waals surface area contributed by atoms with Gasteiger partial charge in [0.05, 0.1) is 15.9 Å². The molecule has 9 rings (SSSR count). The van der Waals surface area contributed by atoms with Gasteiger partial charge in [-0.15, -0.1) is 0 Å². The number of amides is 1. The minimum absolute atomic E-state index is 0.237. The zero-order valence-electron chi connectivity index (χ0n) is 27.0. The van der Waals surface area contributed by atoms with Crippen molar-refractivity contribution >= 4 is 27.3 Å². The smallest absolute Gasteiger partial charge is 0.293 e. The van der Waals surface area contributed by atoms with E-state index in [9.17, 15) is 23.3 Å². The van der Waals surface area contributed by atoms with Gasteiger partial charge in [0, 0.05) is 43.3 Å². The number of sulfonamides is 1. The third kappa shape index (κ3) is 6.08. The van der Waals surface area contributed by atoms with Gasteiger partial charge in [-0.1, -0.05) is 31.4 Å². The average molecular weight is 662 g/mol. The van der Waals surface area contributed by atoms with Crippen molar-refractivity contribution in [3.63, 3.8) is 0 Å². The number of likely N-dealkylation sites (tertiary alicyclic amines) is 1. The first-order valence-corrected chi connectivity index (χ1v) is 19.3. The molecule has 0 radical (unpaired) electrons. The third-order valence-electron chi connectivity index (χ3n) is 12.6. The summed E-state index contributed by atoms with van der Waals surface area (Å²) in [6, 6.07) is 12.3. The fourth-order valence-corrected chi connectivity index (χ4v) is 11.9. The molecule has 3 N–H and O–H groups in total. The second kappa shape index (κ2) is 12.1. The first-order valence-electron chi connectivity index (χ1n) is 17.8. The number of nitro groups is 1. The lowest BCUT2D eigenvalue weighted by Gasteiger charge is -2.58. The van der Waals surface area contributed by atoms with Gasteiger partial charge in [-0.25, -0.2) is 13.1 Å². The van der Waals surface area contributed by atoms with E-state index in [2.05, 4.69) is 20.3 Å². The number of nitrogens with zero attached hydrogens (tertiary/aromatic N) is 2. The highest BCUT2D eigenvalue weighted by atomic mass is 32.2. The summed E-state index contributed by atoms with van der Waals surface area (Å²) in [6.45, 7) is 2.80. The third-order valence-corrected chi connectivity index (χ3v) is 13.9. The van der Waals surface area contributed by atoms with Crippen molar-refractivity contribution < 1.29 is 18.1 Å². The van der Waals surface area contributed by atoms with E-state index < -0.39 is 20.9 Å². The lowest BCUT2D eigenvalue weighted by molar-refractivity contribution is -0.384. The van der Waals surface area contributed by atoms with Crippen LogP contribution in [0, 0.1) is 39.2 Å². The maximum absolute atomic E-state index is 13.2. The number of anilines is 1.